The van der Waals surface area contributed by atoms with Gasteiger partial charge in [-0.05, 0) is 98.8 Å². The molecule has 0 spiro atoms. The first-order chi connectivity index (χ1) is 20.3. The molecule has 0 radical (unpaired) electrons. The van der Waals surface area contributed by atoms with Gasteiger partial charge in [-0.2, -0.15) is 10.4 Å². The quantitative estimate of drug-likeness (QED) is 0.278. The molecule has 212 valence electrons. The van der Waals surface area contributed by atoms with Crippen LogP contribution < -0.4 is 10.1 Å². The van der Waals surface area contributed by atoms with Gasteiger partial charge in [0.25, 0.3) is 0 Å². The molecular weight excluding hydrogens is 526 g/mol. The number of para-hydroxylation sites is 1. The molecule has 3 heterocycles. The number of benzene rings is 3. The van der Waals surface area contributed by atoms with Gasteiger partial charge in [-0.25, -0.2) is 9.48 Å². The molecule has 3 aromatic carbocycles. The number of anilines is 2. The number of hydrogen-bond acceptors (Lipinski definition) is 6. The van der Waals surface area contributed by atoms with Gasteiger partial charge in [0.15, 0.2) is 0 Å². The lowest BCUT2D eigenvalue weighted by Gasteiger charge is -2.29. The maximum Gasteiger partial charge on any atom is 0.410 e. The van der Waals surface area contributed by atoms with Crippen LogP contribution in [0, 0.1) is 11.3 Å². The molecule has 6 rings (SSSR count). The third-order valence-corrected chi connectivity index (χ3v) is 7.35. The van der Waals surface area contributed by atoms with Crippen LogP contribution in [0.5, 0.6) is 11.5 Å². The molecule has 0 bridgehead atoms. The number of aryl methyl sites for hydroxylation is 2. The Labute approximate surface area is 245 Å². The molecule has 1 aromatic heterocycles. The molecular formula is C34H33N5O3. The van der Waals surface area contributed by atoms with E-state index in [2.05, 4.69) is 35.7 Å². The normalized spacial score (nSPS) is 14.4. The first kappa shape index (κ1) is 27.2. The van der Waals surface area contributed by atoms with E-state index in [0.29, 0.717) is 36.7 Å². The van der Waals surface area contributed by atoms with Crippen molar-refractivity contribution in [2.75, 3.05) is 18.4 Å². The largest absolute Gasteiger partial charge is 0.457 e. The lowest BCUT2D eigenvalue weighted by molar-refractivity contribution is 0.0270. The van der Waals surface area contributed by atoms with E-state index in [9.17, 15) is 10.1 Å². The average Bonchev–Trinajstić information content (AvgIpc) is 3.23. The predicted octanol–water partition coefficient (Wildman–Crippen LogP) is 7.54. The summed E-state index contributed by atoms with van der Waals surface area (Å²) in [4.78, 5) is 14.2. The molecule has 1 amide bonds. The van der Waals surface area contributed by atoms with E-state index in [1.807, 2.05) is 80.1 Å². The highest BCUT2D eigenvalue weighted by atomic mass is 16.6. The fraction of sp³-hybridized carbons (Fsp3) is 0.265. The van der Waals surface area contributed by atoms with Crippen molar-refractivity contribution < 1.29 is 14.3 Å². The lowest BCUT2D eigenvalue weighted by Crippen LogP contribution is -2.39. The highest BCUT2D eigenvalue weighted by Crippen LogP contribution is 2.36. The van der Waals surface area contributed by atoms with Gasteiger partial charge >= 0.3 is 6.09 Å². The molecule has 0 atom stereocenters. The van der Waals surface area contributed by atoms with Crippen LogP contribution in [0.3, 0.4) is 0 Å². The van der Waals surface area contributed by atoms with Crippen molar-refractivity contribution in [3.8, 4) is 28.8 Å². The van der Waals surface area contributed by atoms with Gasteiger partial charge in [0.2, 0.25) is 0 Å². The predicted molar refractivity (Wildman–Crippen MR) is 163 cm³/mol. The van der Waals surface area contributed by atoms with Crippen LogP contribution in [0.2, 0.25) is 0 Å². The summed E-state index contributed by atoms with van der Waals surface area (Å²) >= 11 is 0. The summed E-state index contributed by atoms with van der Waals surface area (Å²) < 4.78 is 13.3. The van der Waals surface area contributed by atoms with Gasteiger partial charge in [0.05, 0.1) is 0 Å². The van der Waals surface area contributed by atoms with E-state index in [1.54, 1.807) is 4.90 Å². The molecule has 8 heteroatoms. The second kappa shape index (κ2) is 11.1. The lowest BCUT2D eigenvalue weighted by atomic mass is 9.96. The monoisotopic (exact) mass is 559 g/mol. The van der Waals surface area contributed by atoms with E-state index in [1.165, 1.54) is 11.1 Å². The molecule has 4 aromatic rings. The number of hydrogen-bond donors (Lipinski definition) is 1. The summed E-state index contributed by atoms with van der Waals surface area (Å²) in [6.45, 7) is 7.44. The zero-order valence-corrected chi connectivity index (χ0v) is 24.1. The Kier molecular flexibility index (Phi) is 7.17. The Bertz CT molecular complexity index is 1690. The van der Waals surface area contributed by atoms with E-state index < -0.39 is 5.60 Å². The Morgan fingerprint density at radius 1 is 0.952 bits per heavy atom. The minimum atomic E-state index is -0.507. The second-order valence-electron chi connectivity index (χ2n) is 11.5. The smallest absolute Gasteiger partial charge is 0.410 e. The first-order valence-electron chi connectivity index (χ1n) is 14.2. The number of rotatable bonds is 4. The summed E-state index contributed by atoms with van der Waals surface area (Å²) in [6.07, 6.45) is 3.38. The first-order valence-corrected chi connectivity index (χ1v) is 14.2. The van der Waals surface area contributed by atoms with Crippen LogP contribution in [-0.2, 0) is 17.7 Å². The van der Waals surface area contributed by atoms with Crippen LogP contribution in [-0.4, -0.2) is 39.5 Å². The molecule has 0 saturated heterocycles. The molecule has 0 aliphatic carbocycles. The molecule has 42 heavy (non-hydrogen) atoms. The van der Waals surface area contributed by atoms with E-state index >= 15 is 0 Å². The van der Waals surface area contributed by atoms with Crippen molar-refractivity contribution in [1.82, 2.24) is 14.7 Å². The van der Waals surface area contributed by atoms with Crippen molar-refractivity contribution in [3.05, 3.63) is 95.6 Å². The molecule has 2 aliphatic heterocycles. The Morgan fingerprint density at radius 3 is 2.38 bits per heavy atom. The Morgan fingerprint density at radius 2 is 1.69 bits per heavy atom. The van der Waals surface area contributed by atoms with Crippen molar-refractivity contribution in [2.45, 2.75) is 45.8 Å². The van der Waals surface area contributed by atoms with Crippen LogP contribution in [0.15, 0.2) is 78.9 Å². The summed E-state index contributed by atoms with van der Waals surface area (Å²) in [5.41, 5.74) is 6.02. The van der Waals surface area contributed by atoms with Crippen LogP contribution in [0.4, 0.5) is 16.3 Å². The molecule has 0 fully saturated rings. The van der Waals surface area contributed by atoms with Gasteiger partial charge < -0.3 is 19.7 Å². The zero-order chi connectivity index (χ0) is 29.3. The number of carbonyl (C=O) groups excluding carboxylic acids is 1. The zero-order valence-electron chi connectivity index (χ0n) is 24.1. The molecule has 8 nitrogen and oxygen atoms in total. The van der Waals surface area contributed by atoms with Crippen LogP contribution in [0.25, 0.3) is 16.8 Å². The summed E-state index contributed by atoms with van der Waals surface area (Å²) in [5.74, 6) is 2.19. The number of nitrogens with one attached hydrogen (secondary N) is 1. The third kappa shape index (κ3) is 5.72. The van der Waals surface area contributed by atoms with Crippen LogP contribution >= 0.6 is 0 Å². The van der Waals surface area contributed by atoms with E-state index in [-0.39, 0.29) is 6.09 Å². The van der Waals surface area contributed by atoms with Crippen molar-refractivity contribution in [3.63, 3.8) is 0 Å². The average molecular weight is 560 g/mol. The number of fused-ring (bicyclic) bond motifs is 2. The highest BCUT2D eigenvalue weighted by Gasteiger charge is 2.26. The second-order valence-corrected chi connectivity index (χ2v) is 11.5. The van der Waals surface area contributed by atoms with Crippen molar-refractivity contribution in [1.29, 1.82) is 5.26 Å². The molecule has 1 N–H and O–H groups in total. The fourth-order valence-electron chi connectivity index (χ4n) is 5.26. The van der Waals surface area contributed by atoms with Gasteiger partial charge in [0, 0.05) is 30.9 Å². The van der Waals surface area contributed by atoms with Gasteiger partial charge in [-0.3, -0.25) is 0 Å². The standard InChI is InChI=1S/C34H33N5O3/c1-34(2,3)42-33(40)38-18-15-23(16-19-38)25-11-14-30-26(21-25)17-20-39-32(36-30)29(22-35)31(37-39)24-9-12-28(13-10-24)41-27-7-5-4-6-8-27/h4-15,21,36H,16-20H2,1-3H3. The van der Waals surface area contributed by atoms with E-state index in [4.69, 9.17) is 14.6 Å². The van der Waals surface area contributed by atoms with Gasteiger partial charge in [-0.1, -0.05) is 30.3 Å². The Hall–Kier alpha value is -5.03. The topological polar surface area (TPSA) is 92.4 Å². The molecule has 2 aliphatic rings. The van der Waals surface area contributed by atoms with Crippen molar-refractivity contribution >= 4 is 23.2 Å². The van der Waals surface area contributed by atoms with Gasteiger partial charge in [0.1, 0.15) is 40.2 Å². The number of amides is 1. The number of nitrogens with zero attached hydrogens (tertiary/aromatic N) is 4. The minimum Gasteiger partial charge on any atom is -0.457 e. The molecule has 0 unspecified atom stereocenters. The van der Waals surface area contributed by atoms with Crippen LogP contribution in [0.1, 0.15) is 43.9 Å². The highest BCUT2D eigenvalue weighted by molar-refractivity contribution is 5.79. The number of nitriles is 1. The maximum absolute atomic E-state index is 12.4. The van der Waals surface area contributed by atoms with Crippen molar-refractivity contribution in [2.24, 2.45) is 0 Å². The fourth-order valence-corrected chi connectivity index (χ4v) is 5.26. The van der Waals surface area contributed by atoms with E-state index in [0.717, 1.165) is 41.2 Å². The summed E-state index contributed by atoms with van der Waals surface area (Å²) in [7, 11) is 0. The number of carbonyl (C=O) groups is 1. The van der Waals surface area contributed by atoms with Gasteiger partial charge in [-0.15, -0.1) is 0 Å². The summed E-state index contributed by atoms with van der Waals surface area (Å²) in [6, 6.07) is 26.1. The number of aromatic nitrogens is 2. The third-order valence-electron chi connectivity index (χ3n) is 7.35. The Balaban J connectivity index is 1.19. The molecule has 0 saturated carbocycles. The number of ether oxygens (including phenoxy) is 2. The SMILES string of the molecule is CC(C)(C)OC(=O)N1CC=C(c2ccc3c(c2)CCn2nc(-c4ccc(Oc5ccccc5)cc4)c(C#N)c2N3)CC1. The minimum absolute atomic E-state index is 0.275. The summed E-state index contributed by atoms with van der Waals surface area (Å²) in [5, 5.41) is 18.5. The maximum atomic E-state index is 12.4.